The van der Waals surface area contributed by atoms with Crippen LogP contribution in [0.1, 0.15) is 5.82 Å². The third kappa shape index (κ3) is 1.86. The summed E-state index contributed by atoms with van der Waals surface area (Å²) in [6.45, 7) is 2.01. The molecule has 0 amide bonds. The van der Waals surface area contributed by atoms with Gasteiger partial charge < -0.3 is 5.73 Å². The standard InChI is InChI=1S/C14H12IN3/c1-9-17-13-8-11(16)4-7-14(13)18(9)12-5-2-10(15)3-6-12/h2-8H,16H2,1H3. The molecule has 0 fully saturated rings. The highest BCUT2D eigenvalue weighted by atomic mass is 127. The second-order valence-corrected chi connectivity index (χ2v) is 5.46. The molecule has 2 aromatic carbocycles. The summed E-state index contributed by atoms with van der Waals surface area (Å²) in [4.78, 5) is 4.55. The molecule has 0 atom stereocenters. The van der Waals surface area contributed by atoms with E-state index in [1.165, 1.54) is 3.57 Å². The van der Waals surface area contributed by atoms with E-state index in [1.807, 2.05) is 25.1 Å². The smallest absolute Gasteiger partial charge is 0.111 e. The number of benzene rings is 2. The van der Waals surface area contributed by atoms with E-state index in [4.69, 9.17) is 5.73 Å². The molecule has 3 aromatic rings. The van der Waals surface area contributed by atoms with E-state index >= 15 is 0 Å². The first-order valence-electron chi connectivity index (χ1n) is 5.66. The number of fused-ring (bicyclic) bond motifs is 1. The van der Waals surface area contributed by atoms with Crippen LogP contribution in [-0.2, 0) is 0 Å². The number of hydrogen-bond acceptors (Lipinski definition) is 2. The summed E-state index contributed by atoms with van der Waals surface area (Å²) in [7, 11) is 0. The van der Waals surface area contributed by atoms with Gasteiger partial charge in [0.1, 0.15) is 5.82 Å². The molecule has 0 aliphatic carbocycles. The molecule has 0 radical (unpaired) electrons. The third-order valence-corrected chi connectivity index (χ3v) is 3.65. The zero-order chi connectivity index (χ0) is 12.7. The molecule has 3 nitrogen and oxygen atoms in total. The number of nitrogens with two attached hydrogens (primary N) is 1. The van der Waals surface area contributed by atoms with Gasteiger partial charge in [0.25, 0.3) is 0 Å². The molecular formula is C14H12IN3. The van der Waals surface area contributed by atoms with Gasteiger partial charge in [-0.2, -0.15) is 0 Å². The number of aromatic nitrogens is 2. The van der Waals surface area contributed by atoms with Crippen molar-refractivity contribution in [3.8, 4) is 5.69 Å². The van der Waals surface area contributed by atoms with Crippen LogP contribution in [0.3, 0.4) is 0 Å². The first-order chi connectivity index (χ1) is 8.65. The zero-order valence-corrected chi connectivity index (χ0v) is 12.0. The van der Waals surface area contributed by atoms with Gasteiger partial charge in [0.2, 0.25) is 0 Å². The van der Waals surface area contributed by atoms with Gasteiger partial charge >= 0.3 is 0 Å². The van der Waals surface area contributed by atoms with E-state index in [9.17, 15) is 0 Å². The quantitative estimate of drug-likeness (QED) is 0.540. The maximum absolute atomic E-state index is 5.79. The van der Waals surface area contributed by atoms with Gasteiger partial charge in [0.15, 0.2) is 0 Å². The summed E-state index contributed by atoms with van der Waals surface area (Å²) in [6, 6.07) is 14.2. The van der Waals surface area contributed by atoms with Crippen molar-refractivity contribution < 1.29 is 0 Å². The van der Waals surface area contributed by atoms with Crippen molar-refractivity contribution in [3.05, 3.63) is 51.9 Å². The van der Waals surface area contributed by atoms with Crippen molar-refractivity contribution in [2.75, 3.05) is 5.73 Å². The zero-order valence-electron chi connectivity index (χ0n) is 9.89. The molecule has 0 bridgehead atoms. The predicted octanol–water partition coefficient (Wildman–Crippen LogP) is 3.52. The van der Waals surface area contributed by atoms with E-state index in [1.54, 1.807) is 0 Å². The summed E-state index contributed by atoms with van der Waals surface area (Å²) in [5, 5.41) is 0. The highest BCUT2D eigenvalue weighted by molar-refractivity contribution is 14.1. The van der Waals surface area contributed by atoms with Gasteiger partial charge in [0.05, 0.1) is 11.0 Å². The lowest BCUT2D eigenvalue weighted by Crippen LogP contribution is -1.96. The largest absolute Gasteiger partial charge is 0.399 e. The summed E-state index contributed by atoms with van der Waals surface area (Å²) >= 11 is 2.30. The average molecular weight is 349 g/mol. The maximum atomic E-state index is 5.79. The Hall–Kier alpha value is -1.56. The van der Waals surface area contributed by atoms with E-state index < -0.39 is 0 Å². The fraction of sp³-hybridized carbons (Fsp3) is 0.0714. The number of nitrogens with zero attached hydrogens (tertiary/aromatic N) is 2. The molecule has 2 N–H and O–H groups in total. The van der Waals surface area contributed by atoms with Crippen LogP contribution >= 0.6 is 22.6 Å². The molecule has 18 heavy (non-hydrogen) atoms. The number of hydrogen-bond donors (Lipinski definition) is 1. The molecule has 0 saturated heterocycles. The minimum absolute atomic E-state index is 0.745. The third-order valence-electron chi connectivity index (χ3n) is 2.93. The van der Waals surface area contributed by atoms with E-state index in [0.29, 0.717) is 0 Å². The molecule has 0 aliphatic heterocycles. The van der Waals surface area contributed by atoms with Crippen LogP contribution in [0.25, 0.3) is 16.7 Å². The van der Waals surface area contributed by atoms with Crippen molar-refractivity contribution in [3.63, 3.8) is 0 Å². The number of aryl methyl sites for hydroxylation is 1. The molecular weight excluding hydrogens is 337 g/mol. The van der Waals surface area contributed by atoms with Crippen LogP contribution in [-0.4, -0.2) is 9.55 Å². The lowest BCUT2D eigenvalue weighted by atomic mass is 10.2. The minimum Gasteiger partial charge on any atom is -0.399 e. The first kappa shape index (κ1) is 11.5. The second kappa shape index (κ2) is 4.28. The summed E-state index contributed by atoms with van der Waals surface area (Å²) in [5.74, 6) is 0.969. The summed E-state index contributed by atoms with van der Waals surface area (Å²) in [6.07, 6.45) is 0. The molecule has 3 rings (SSSR count). The van der Waals surface area contributed by atoms with Crippen molar-refractivity contribution in [2.45, 2.75) is 6.92 Å². The molecule has 4 heteroatoms. The van der Waals surface area contributed by atoms with Crippen molar-refractivity contribution in [1.29, 1.82) is 0 Å². The lowest BCUT2D eigenvalue weighted by molar-refractivity contribution is 1.00. The van der Waals surface area contributed by atoms with Gasteiger partial charge in [0, 0.05) is 14.9 Å². The number of halogens is 1. The van der Waals surface area contributed by atoms with Crippen LogP contribution < -0.4 is 5.73 Å². The Morgan fingerprint density at radius 2 is 1.83 bits per heavy atom. The number of rotatable bonds is 1. The van der Waals surface area contributed by atoms with E-state index in [-0.39, 0.29) is 0 Å². The SMILES string of the molecule is Cc1nc2cc(N)ccc2n1-c1ccc(I)cc1. The first-order valence-corrected chi connectivity index (χ1v) is 6.73. The van der Waals surface area contributed by atoms with Gasteiger partial charge in [-0.1, -0.05) is 0 Å². The Labute approximate surface area is 119 Å². The van der Waals surface area contributed by atoms with Crippen LogP contribution in [0.4, 0.5) is 5.69 Å². The number of nitrogen functional groups attached to an aromatic ring is 1. The van der Waals surface area contributed by atoms with Gasteiger partial charge in [-0.3, -0.25) is 4.57 Å². The molecule has 90 valence electrons. The second-order valence-electron chi connectivity index (χ2n) is 4.22. The fourth-order valence-electron chi connectivity index (χ4n) is 2.13. The highest BCUT2D eigenvalue weighted by Crippen LogP contribution is 2.23. The van der Waals surface area contributed by atoms with Gasteiger partial charge in [-0.25, -0.2) is 4.98 Å². The van der Waals surface area contributed by atoms with E-state index in [0.717, 1.165) is 28.2 Å². The van der Waals surface area contributed by atoms with Crippen LogP contribution in [0.5, 0.6) is 0 Å². The van der Waals surface area contributed by atoms with Crippen LogP contribution in [0, 0.1) is 10.5 Å². The van der Waals surface area contributed by atoms with Gasteiger partial charge in [-0.15, -0.1) is 0 Å². The highest BCUT2D eigenvalue weighted by Gasteiger charge is 2.09. The summed E-state index contributed by atoms with van der Waals surface area (Å²) in [5.41, 5.74) is 9.68. The van der Waals surface area contributed by atoms with Crippen molar-refractivity contribution >= 4 is 39.3 Å². The number of anilines is 1. The molecule has 1 heterocycles. The molecule has 1 aromatic heterocycles. The lowest BCUT2D eigenvalue weighted by Gasteiger charge is -2.07. The topological polar surface area (TPSA) is 43.8 Å². The normalized spacial score (nSPS) is 11.0. The van der Waals surface area contributed by atoms with Crippen LogP contribution in [0.2, 0.25) is 0 Å². The molecule has 0 saturated carbocycles. The fourth-order valence-corrected chi connectivity index (χ4v) is 2.49. The minimum atomic E-state index is 0.745. The Morgan fingerprint density at radius 3 is 2.56 bits per heavy atom. The Balaban J connectivity index is 2.28. The van der Waals surface area contributed by atoms with Crippen molar-refractivity contribution in [2.24, 2.45) is 0 Å². The predicted molar refractivity (Wildman–Crippen MR) is 82.9 cm³/mol. The molecule has 0 unspecified atom stereocenters. The van der Waals surface area contributed by atoms with E-state index in [2.05, 4.69) is 56.4 Å². The average Bonchev–Trinajstić information content (AvgIpc) is 2.65. The Bertz CT molecular complexity index is 714. The Morgan fingerprint density at radius 1 is 1.11 bits per heavy atom. The summed E-state index contributed by atoms with van der Waals surface area (Å²) < 4.78 is 3.37. The van der Waals surface area contributed by atoms with Crippen LogP contribution in [0.15, 0.2) is 42.5 Å². The number of imidazole rings is 1. The maximum Gasteiger partial charge on any atom is 0.111 e. The molecule has 0 aliphatic rings. The van der Waals surface area contributed by atoms with Gasteiger partial charge in [-0.05, 0) is 72.0 Å². The monoisotopic (exact) mass is 349 g/mol. The Kier molecular flexibility index (Phi) is 2.74. The van der Waals surface area contributed by atoms with Crippen molar-refractivity contribution in [1.82, 2.24) is 9.55 Å². The molecule has 0 spiro atoms.